The molecule has 16 heavy (non-hydrogen) atoms. The van der Waals surface area contributed by atoms with Gasteiger partial charge in [0.25, 0.3) is 0 Å². The van der Waals surface area contributed by atoms with E-state index in [1.807, 2.05) is 14.0 Å². The molecule has 4 nitrogen and oxygen atoms in total. The van der Waals surface area contributed by atoms with Crippen LogP contribution >= 0.6 is 0 Å². The largest absolute Gasteiger partial charge is 0.356 e. The van der Waals surface area contributed by atoms with Crippen molar-refractivity contribution in [2.45, 2.75) is 38.6 Å². The SMILES string of the molecule is CCNC(=O)CCN1CCCCC1CNC. The molecule has 1 aliphatic heterocycles. The molecule has 0 aromatic carbocycles. The summed E-state index contributed by atoms with van der Waals surface area (Å²) in [5.41, 5.74) is 0. The summed E-state index contributed by atoms with van der Waals surface area (Å²) in [4.78, 5) is 13.9. The van der Waals surface area contributed by atoms with Crippen molar-refractivity contribution in [3.8, 4) is 0 Å². The predicted molar refractivity (Wildman–Crippen MR) is 66.4 cm³/mol. The minimum Gasteiger partial charge on any atom is -0.356 e. The van der Waals surface area contributed by atoms with Gasteiger partial charge in [-0.2, -0.15) is 0 Å². The Morgan fingerprint density at radius 3 is 2.94 bits per heavy atom. The van der Waals surface area contributed by atoms with Crippen molar-refractivity contribution >= 4 is 5.91 Å². The van der Waals surface area contributed by atoms with Crippen LogP contribution in [0.5, 0.6) is 0 Å². The number of rotatable bonds is 6. The number of hydrogen-bond donors (Lipinski definition) is 2. The van der Waals surface area contributed by atoms with Gasteiger partial charge in [-0.15, -0.1) is 0 Å². The molecule has 94 valence electrons. The molecule has 2 N–H and O–H groups in total. The summed E-state index contributed by atoms with van der Waals surface area (Å²) < 4.78 is 0. The van der Waals surface area contributed by atoms with Gasteiger partial charge in [-0.05, 0) is 33.4 Å². The average Bonchev–Trinajstić information content (AvgIpc) is 2.29. The van der Waals surface area contributed by atoms with E-state index >= 15 is 0 Å². The lowest BCUT2D eigenvalue weighted by atomic mass is 10.0. The van der Waals surface area contributed by atoms with Crippen LogP contribution in [0.3, 0.4) is 0 Å². The molecule has 0 saturated carbocycles. The third kappa shape index (κ3) is 4.49. The molecule has 1 amide bonds. The first kappa shape index (κ1) is 13.5. The lowest BCUT2D eigenvalue weighted by Gasteiger charge is -2.35. The molecule has 1 unspecified atom stereocenters. The van der Waals surface area contributed by atoms with E-state index in [0.29, 0.717) is 12.5 Å². The fourth-order valence-corrected chi connectivity index (χ4v) is 2.35. The molecule has 0 aliphatic carbocycles. The van der Waals surface area contributed by atoms with Crippen molar-refractivity contribution in [3.05, 3.63) is 0 Å². The van der Waals surface area contributed by atoms with Crippen LogP contribution in [0.25, 0.3) is 0 Å². The van der Waals surface area contributed by atoms with Crippen LogP contribution in [0.1, 0.15) is 32.6 Å². The zero-order chi connectivity index (χ0) is 11.8. The second-order valence-corrected chi connectivity index (χ2v) is 4.45. The van der Waals surface area contributed by atoms with Gasteiger partial charge in [0.1, 0.15) is 0 Å². The summed E-state index contributed by atoms with van der Waals surface area (Å²) in [6.07, 6.45) is 4.49. The fraction of sp³-hybridized carbons (Fsp3) is 0.917. The number of amides is 1. The number of piperidine rings is 1. The summed E-state index contributed by atoms with van der Waals surface area (Å²) in [5, 5.41) is 6.09. The molecule has 1 saturated heterocycles. The Balaban J connectivity index is 2.29. The zero-order valence-corrected chi connectivity index (χ0v) is 10.6. The van der Waals surface area contributed by atoms with Gasteiger partial charge in [0.15, 0.2) is 0 Å². The average molecular weight is 227 g/mol. The van der Waals surface area contributed by atoms with E-state index in [4.69, 9.17) is 0 Å². The van der Waals surface area contributed by atoms with E-state index in [1.165, 1.54) is 19.3 Å². The minimum absolute atomic E-state index is 0.177. The summed E-state index contributed by atoms with van der Waals surface area (Å²) >= 11 is 0. The molecule has 1 rings (SSSR count). The molecule has 1 aliphatic rings. The van der Waals surface area contributed by atoms with Gasteiger partial charge < -0.3 is 10.6 Å². The number of likely N-dealkylation sites (tertiary alicyclic amines) is 1. The summed E-state index contributed by atoms with van der Waals surface area (Å²) in [5.74, 6) is 0.177. The van der Waals surface area contributed by atoms with Crippen LogP contribution in [-0.4, -0.2) is 50.1 Å². The number of nitrogens with one attached hydrogen (secondary N) is 2. The first-order valence-corrected chi connectivity index (χ1v) is 6.43. The first-order chi connectivity index (χ1) is 7.77. The highest BCUT2D eigenvalue weighted by molar-refractivity contribution is 5.75. The monoisotopic (exact) mass is 227 g/mol. The molecular weight excluding hydrogens is 202 g/mol. The molecule has 0 bridgehead atoms. The van der Waals surface area contributed by atoms with Gasteiger partial charge in [0, 0.05) is 32.1 Å². The van der Waals surface area contributed by atoms with Gasteiger partial charge in [0.05, 0.1) is 0 Å². The molecule has 4 heteroatoms. The number of nitrogens with zero attached hydrogens (tertiary/aromatic N) is 1. The van der Waals surface area contributed by atoms with Crippen molar-refractivity contribution in [1.29, 1.82) is 0 Å². The third-order valence-corrected chi connectivity index (χ3v) is 3.19. The Bertz CT molecular complexity index is 206. The van der Waals surface area contributed by atoms with Crippen molar-refractivity contribution in [2.75, 3.05) is 33.2 Å². The van der Waals surface area contributed by atoms with E-state index in [0.717, 1.165) is 26.2 Å². The Morgan fingerprint density at radius 1 is 1.44 bits per heavy atom. The Labute approximate surface area is 98.8 Å². The Kier molecular flexibility index (Phi) is 6.42. The van der Waals surface area contributed by atoms with Crippen LogP contribution in [-0.2, 0) is 4.79 Å². The molecule has 0 aromatic rings. The van der Waals surface area contributed by atoms with Crippen LogP contribution in [0.4, 0.5) is 0 Å². The predicted octanol–water partition coefficient (Wildman–Crippen LogP) is 0.587. The van der Waals surface area contributed by atoms with Crippen LogP contribution in [0.15, 0.2) is 0 Å². The Hall–Kier alpha value is -0.610. The normalized spacial score (nSPS) is 22.0. The van der Waals surface area contributed by atoms with E-state index in [1.54, 1.807) is 0 Å². The lowest BCUT2D eigenvalue weighted by Crippen LogP contribution is -2.46. The topological polar surface area (TPSA) is 44.4 Å². The van der Waals surface area contributed by atoms with Gasteiger partial charge in [-0.3, -0.25) is 9.69 Å². The van der Waals surface area contributed by atoms with E-state index in [2.05, 4.69) is 15.5 Å². The van der Waals surface area contributed by atoms with Gasteiger partial charge in [-0.1, -0.05) is 6.42 Å². The molecule has 1 heterocycles. The Morgan fingerprint density at radius 2 is 2.25 bits per heavy atom. The van der Waals surface area contributed by atoms with Crippen molar-refractivity contribution in [1.82, 2.24) is 15.5 Å². The molecule has 1 atom stereocenters. The number of hydrogen-bond acceptors (Lipinski definition) is 3. The van der Waals surface area contributed by atoms with Crippen LogP contribution in [0, 0.1) is 0 Å². The van der Waals surface area contributed by atoms with Crippen molar-refractivity contribution in [3.63, 3.8) is 0 Å². The van der Waals surface area contributed by atoms with E-state index in [9.17, 15) is 4.79 Å². The maximum Gasteiger partial charge on any atom is 0.221 e. The van der Waals surface area contributed by atoms with Gasteiger partial charge >= 0.3 is 0 Å². The standard InChI is InChI=1S/C12H25N3O/c1-3-14-12(16)7-9-15-8-5-4-6-11(15)10-13-2/h11,13H,3-10H2,1-2H3,(H,14,16). The van der Waals surface area contributed by atoms with Gasteiger partial charge in [0.2, 0.25) is 5.91 Å². The highest BCUT2D eigenvalue weighted by Gasteiger charge is 2.21. The number of likely N-dealkylation sites (N-methyl/N-ethyl adjacent to an activating group) is 1. The van der Waals surface area contributed by atoms with E-state index in [-0.39, 0.29) is 5.91 Å². The highest BCUT2D eigenvalue weighted by atomic mass is 16.1. The maximum atomic E-state index is 11.4. The zero-order valence-electron chi connectivity index (χ0n) is 10.6. The molecular formula is C12H25N3O. The van der Waals surface area contributed by atoms with Crippen LogP contribution in [0.2, 0.25) is 0 Å². The molecule has 1 fully saturated rings. The number of carbonyl (C=O) groups excluding carboxylic acids is 1. The van der Waals surface area contributed by atoms with E-state index < -0.39 is 0 Å². The lowest BCUT2D eigenvalue weighted by molar-refractivity contribution is -0.121. The third-order valence-electron chi connectivity index (χ3n) is 3.19. The summed E-state index contributed by atoms with van der Waals surface area (Å²) in [7, 11) is 2.00. The highest BCUT2D eigenvalue weighted by Crippen LogP contribution is 2.16. The maximum absolute atomic E-state index is 11.4. The van der Waals surface area contributed by atoms with Gasteiger partial charge in [-0.25, -0.2) is 0 Å². The second kappa shape index (κ2) is 7.63. The quantitative estimate of drug-likeness (QED) is 0.698. The summed E-state index contributed by atoms with van der Waals surface area (Å²) in [6, 6.07) is 0.619. The smallest absolute Gasteiger partial charge is 0.221 e. The molecule has 0 spiro atoms. The second-order valence-electron chi connectivity index (χ2n) is 4.45. The number of carbonyl (C=O) groups is 1. The van der Waals surface area contributed by atoms with Crippen molar-refractivity contribution < 1.29 is 4.79 Å². The molecule has 0 radical (unpaired) electrons. The van der Waals surface area contributed by atoms with Crippen molar-refractivity contribution in [2.24, 2.45) is 0 Å². The fourth-order valence-electron chi connectivity index (χ4n) is 2.35. The van der Waals surface area contributed by atoms with Crippen LogP contribution < -0.4 is 10.6 Å². The molecule has 0 aromatic heterocycles. The summed E-state index contributed by atoms with van der Waals surface area (Å²) in [6.45, 7) is 5.78. The minimum atomic E-state index is 0.177. The first-order valence-electron chi connectivity index (χ1n) is 6.43.